The topological polar surface area (TPSA) is 81.0 Å². The molecule has 0 radical (unpaired) electrons. The van der Waals surface area contributed by atoms with E-state index in [1.54, 1.807) is 0 Å². The van der Waals surface area contributed by atoms with Crippen molar-refractivity contribution in [2.75, 3.05) is 0 Å². The number of carboxylic acids is 1. The number of hydrogen-bond donors (Lipinski definition) is 0. The Morgan fingerprint density at radius 3 is 1.70 bits per heavy atom. The molecule has 0 spiro atoms. The van der Waals surface area contributed by atoms with E-state index in [0.29, 0.717) is 6.42 Å². The van der Waals surface area contributed by atoms with Gasteiger partial charge in [0.15, 0.2) is 0 Å². The molecular weight excluding hydrogens is 344 g/mol. The van der Waals surface area contributed by atoms with Crippen molar-refractivity contribution >= 4 is 11.8 Å². The summed E-state index contributed by atoms with van der Waals surface area (Å²) in [4.78, 5) is 21.9. The third-order valence-electron chi connectivity index (χ3n) is 3.80. The summed E-state index contributed by atoms with van der Waals surface area (Å²) < 4.78 is 0. The predicted octanol–water partition coefficient (Wildman–Crippen LogP) is -2.17. The zero-order valence-corrected chi connectivity index (χ0v) is 21.7. The second-order valence-corrected chi connectivity index (χ2v) is 5.86. The summed E-state index contributed by atoms with van der Waals surface area (Å²) in [6.45, 7) is 2.22. The minimum Gasteiger partial charge on any atom is -0.668 e. The average molecular weight is 376 g/mol. The molecular formula is C17H31K2NO3. The van der Waals surface area contributed by atoms with Gasteiger partial charge in [0.2, 0.25) is 0 Å². The quantitative estimate of drug-likeness (QED) is 0.241. The van der Waals surface area contributed by atoms with Crippen LogP contribution in [0.1, 0.15) is 90.4 Å². The van der Waals surface area contributed by atoms with Crippen molar-refractivity contribution in [3.05, 3.63) is 5.73 Å². The molecule has 0 rings (SSSR count). The molecule has 124 valence electrons. The van der Waals surface area contributed by atoms with Crippen molar-refractivity contribution < 1.29 is 117 Å². The van der Waals surface area contributed by atoms with E-state index < -0.39 is 12.0 Å². The van der Waals surface area contributed by atoms with Crippen LogP contribution in [0.25, 0.3) is 5.73 Å². The minimum absolute atomic E-state index is 0. The molecule has 0 saturated heterocycles. The van der Waals surface area contributed by atoms with Crippen LogP contribution in [0.4, 0.5) is 0 Å². The Hall–Kier alpha value is 2.37. The second-order valence-electron chi connectivity index (χ2n) is 5.86. The summed E-state index contributed by atoms with van der Waals surface area (Å²) >= 11 is 0. The van der Waals surface area contributed by atoms with Gasteiger partial charge in [0, 0.05) is 12.4 Å². The summed E-state index contributed by atoms with van der Waals surface area (Å²) in [6.07, 6.45) is 12.5. The maximum atomic E-state index is 11.6. The number of carboxylic acid groups (broad SMARTS) is 1. The monoisotopic (exact) mass is 375 g/mol. The van der Waals surface area contributed by atoms with Gasteiger partial charge in [-0.3, -0.25) is 0 Å². The number of unbranched alkanes of at least 4 members (excludes halogenated alkanes) is 9. The number of carbonyl (C=O) groups is 2. The molecule has 0 saturated carbocycles. The van der Waals surface area contributed by atoms with Gasteiger partial charge in [-0.1, -0.05) is 77.2 Å². The summed E-state index contributed by atoms with van der Waals surface area (Å²) in [6, 6.07) is -0.888. The Labute approximate surface area is 227 Å². The van der Waals surface area contributed by atoms with Gasteiger partial charge in [0.05, 0.1) is 0 Å². The maximum Gasteiger partial charge on any atom is 1.00 e. The van der Waals surface area contributed by atoms with Gasteiger partial charge in [-0.15, -0.1) is 0 Å². The largest absolute Gasteiger partial charge is 1.00 e. The van der Waals surface area contributed by atoms with E-state index in [1.807, 2.05) is 0 Å². The van der Waals surface area contributed by atoms with Crippen LogP contribution in [0.15, 0.2) is 0 Å². The van der Waals surface area contributed by atoms with Crippen LogP contribution in [-0.4, -0.2) is 17.8 Å². The fourth-order valence-electron chi connectivity index (χ4n) is 2.38. The molecule has 0 aliphatic carbocycles. The summed E-state index contributed by atoms with van der Waals surface area (Å²) in [5.41, 5.74) is 7.56. The molecule has 0 aromatic rings. The standard InChI is InChI=1S/C17H32NO3.2K/c1-2-3-4-5-6-7-8-9-10-11-12-16(19)15(18)13-14-17(20)21;;/h15,18H,2-14H2,1H3,(H,20,21);;/q-1;2*+1/p-1. The molecule has 0 aromatic heterocycles. The smallest absolute Gasteiger partial charge is 0.668 e. The first kappa shape index (κ1) is 30.1. The summed E-state index contributed by atoms with van der Waals surface area (Å²) in [5, 5.41) is 10.3. The maximum absolute atomic E-state index is 11.6. The minimum atomic E-state index is -1.18. The Bertz CT molecular complexity index is 289. The number of aliphatic carboxylic acids is 1. The molecule has 0 aromatic carbocycles. The van der Waals surface area contributed by atoms with E-state index in [-0.39, 0.29) is 121 Å². The van der Waals surface area contributed by atoms with Gasteiger partial charge >= 0.3 is 103 Å². The van der Waals surface area contributed by atoms with Crippen LogP contribution in [0, 0.1) is 0 Å². The molecule has 23 heavy (non-hydrogen) atoms. The van der Waals surface area contributed by atoms with Gasteiger partial charge in [-0.2, -0.15) is 0 Å². The Kier molecular flexibility index (Phi) is 29.3. The fraction of sp³-hybridized carbons (Fsp3) is 0.882. The van der Waals surface area contributed by atoms with Crippen LogP contribution in [0.3, 0.4) is 0 Å². The molecule has 0 amide bonds. The van der Waals surface area contributed by atoms with Crippen molar-refractivity contribution in [1.29, 1.82) is 0 Å². The first-order valence-corrected chi connectivity index (χ1v) is 8.51. The molecule has 0 bridgehead atoms. The SMILES string of the molecule is CCCCCCCCCCCCC(=O)C([NH-])CCC(=O)[O-].[K+].[K+]. The van der Waals surface area contributed by atoms with Crippen LogP contribution in [0.2, 0.25) is 0 Å². The average Bonchev–Trinajstić information content (AvgIpc) is 2.46. The number of hydrogen-bond acceptors (Lipinski definition) is 3. The first-order valence-electron chi connectivity index (χ1n) is 8.51. The van der Waals surface area contributed by atoms with Crippen LogP contribution >= 0.6 is 0 Å². The first-order chi connectivity index (χ1) is 10.1. The van der Waals surface area contributed by atoms with E-state index in [4.69, 9.17) is 5.73 Å². The number of nitrogens with one attached hydrogen (secondary N) is 1. The van der Waals surface area contributed by atoms with Crippen molar-refractivity contribution in [3.63, 3.8) is 0 Å². The van der Waals surface area contributed by atoms with E-state index in [0.717, 1.165) is 19.3 Å². The number of carbonyl (C=O) groups excluding carboxylic acids is 2. The van der Waals surface area contributed by atoms with Crippen molar-refractivity contribution in [3.8, 4) is 0 Å². The molecule has 1 N–H and O–H groups in total. The molecule has 0 heterocycles. The van der Waals surface area contributed by atoms with E-state index >= 15 is 0 Å². The van der Waals surface area contributed by atoms with Gasteiger partial charge in [-0.25, -0.2) is 0 Å². The fourth-order valence-corrected chi connectivity index (χ4v) is 2.38. The predicted molar refractivity (Wildman–Crippen MR) is 83.8 cm³/mol. The Balaban J connectivity index is -0.00000200. The van der Waals surface area contributed by atoms with E-state index in [1.165, 1.54) is 44.9 Å². The Morgan fingerprint density at radius 1 is 0.826 bits per heavy atom. The molecule has 6 heteroatoms. The summed E-state index contributed by atoms with van der Waals surface area (Å²) in [5.74, 6) is -1.31. The second kappa shape index (κ2) is 22.4. The molecule has 0 fully saturated rings. The third-order valence-corrected chi connectivity index (χ3v) is 3.80. The number of Topliss-reactive ketones (excluding diaryl/α,β-unsaturated/α-hetero) is 1. The van der Waals surface area contributed by atoms with Gasteiger partial charge in [0.1, 0.15) is 5.78 Å². The Morgan fingerprint density at radius 2 is 1.26 bits per heavy atom. The molecule has 1 unspecified atom stereocenters. The van der Waals surface area contributed by atoms with E-state index in [2.05, 4.69) is 6.92 Å². The molecule has 0 aliphatic rings. The van der Waals surface area contributed by atoms with Crippen LogP contribution < -0.4 is 108 Å². The normalized spacial score (nSPS) is 11.2. The van der Waals surface area contributed by atoms with Crippen LogP contribution in [-0.2, 0) is 9.59 Å². The molecule has 4 nitrogen and oxygen atoms in total. The molecule has 1 atom stereocenters. The van der Waals surface area contributed by atoms with Crippen molar-refractivity contribution in [2.24, 2.45) is 0 Å². The third kappa shape index (κ3) is 22.3. The van der Waals surface area contributed by atoms with Gasteiger partial charge in [-0.05, 0) is 12.8 Å². The zero-order valence-electron chi connectivity index (χ0n) is 15.5. The van der Waals surface area contributed by atoms with E-state index in [9.17, 15) is 14.7 Å². The van der Waals surface area contributed by atoms with Gasteiger partial charge < -0.3 is 20.4 Å². The molecule has 0 aliphatic heterocycles. The van der Waals surface area contributed by atoms with Crippen molar-refractivity contribution in [1.82, 2.24) is 0 Å². The van der Waals surface area contributed by atoms with Crippen molar-refractivity contribution in [2.45, 2.75) is 96.4 Å². The van der Waals surface area contributed by atoms with Crippen LogP contribution in [0.5, 0.6) is 0 Å². The number of rotatable bonds is 15. The zero-order chi connectivity index (χ0) is 15.9. The van der Waals surface area contributed by atoms with Gasteiger partial charge in [0.25, 0.3) is 0 Å². The summed E-state index contributed by atoms with van der Waals surface area (Å²) in [7, 11) is 0. The number of ketones is 1.